The molecule has 4 rings (SSSR count). The lowest BCUT2D eigenvalue weighted by atomic mass is 10.1. The van der Waals surface area contributed by atoms with Gasteiger partial charge in [0.1, 0.15) is 0 Å². The van der Waals surface area contributed by atoms with Crippen molar-refractivity contribution in [3.05, 3.63) is 71.9 Å². The Balaban J connectivity index is 1.24. The molecular weight excluding hydrogens is 412 g/mol. The first-order valence-electron chi connectivity index (χ1n) is 11.8. The van der Waals surface area contributed by atoms with Gasteiger partial charge in [-0.25, -0.2) is 0 Å². The smallest absolute Gasteiger partial charge is 0.255 e. The number of aryl methyl sites for hydroxylation is 1. The highest BCUT2D eigenvalue weighted by atomic mass is 16.2. The maximum atomic E-state index is 13.1. The van der Waals surface area contributed by atoms with Crippen LogP contribution >= 0.6 is 0 Å². The second-order valence-electron chi connectivity index (χ2n) is 8.87. The number of rotatable bonds is 10. The van der Waals surface area contributed by atoms with Crippen LogP contribution in [-0.4, -0.2) is 47.6 Å². The molecular formula is C27H32N4O2. The van der Waals surface area contributed by atoms with Gasteiger partial charge in [-0.2, -0.15) is 5.10 Å². The number of hydrogen-bond donors (Lipinski definition) is 1. The number of nitrogens with zero attached hydrogens (tertiary/aromatic N) is 3. The molecule has 3 aromatic rings. The number of amides is 2. The molecule has 1 saturated carbocycles. The Morgan fingerprint density at radius 2 is 1.70 bits per heavy atom. The van der Waals surface area contributed by atoms with Gasteiger partial charge in [0.25, 0.3) is 5.91 Å². The van der Waals surface area contributed by atoms with Gasteiger partial charge in [-0.05, 0) is 50.3 Å². The molecule has 0 aliphatic heterocycles. The minimum Gasteiger partial charge on any atom is -0.342 e. The molecule has 6 nitrogen and oxygen atoms in total. The van der Waals surface area contributed by atoms with Crippen LogP contribution in [0.25, 0.3) is 11.3 Å². The highest BCUT2D eigenvalue weighted by Crippen LogP contribution is 2.33. The van der Waals surface area contributed by atoms with E-state index < -0.39 is 0 Å². The number of aromatic nitrogens is 2. The standard InChI is InChI=1S/C27H32N4O2/c1-30(27(33)23-14-8-9-15-25(23)31(2)26(32)21-16-17-21)18-10-4-7-13-22-19-24(29-28-22)20-11-5-3-6-12-20/h3,5-6,8-9,11-12,14-15,19,21H,4,7,10,13,16-18H2,1-2H3,(H,28,29). The molecule has 0 radical (unpaired) electrons. The highest BCUT2D eigenvalue weighted by molar-refractivity contribution is 6.05. The van der Waals surface area contributed by atoms with Gasteiger partial charge in [-0.15, -0.1) is 0 Å². The topological polar surface area (TPSA) is 69.3 Å². The Hall–Kier alpha value is -3.41. The number of hydrogen-bond acceptors (Lipinski definition) is 3. The third-order valence-electron chi connectivity index (χ3n) is 6.24. The van der Waals surface area contributed by atoms with Crippen LogP contribution < -0.4 is 4.90 Å². The average molecular weight is 445 g/mol. The average Bonchev–Trinajstić information content (AvgIpc) is 3.60. The van der Waals surface area contributed by atoms with Crippen LogP contribution in [0.15, 0.2) is 60.7 Å². The van der Waals surface area contributed by atoms with Crippen LogP contribution in [0.4, 0.5) is 5.69 Å². The maximum absolute atomic E-state index is 13.1. The van der Waals surface area contributed by atoms with Gasteiger partial charge in [0.15, 0.2) is 0 Å². The van der Waals surface area contributed by atoms with Gasteiger partial charge in [0, 0.05) is 37.8 Å². The number of H-pyrrole nitrogens is 1. The van der Waals surface area contributed by atoms with Crippen LogP contribution in [0.3, 0.4) is 0 Å². The number of carbonyl (C=O) groups excluding carboxylic acids is 2. The molecule has 0 unspecified atom stereocenters. The fraction of sp³-hybridized carbons (Fsp3) is 0.370. The van der Waals surface area contributed by atoms with E-state index in [1.807, 2.05) is 49.5 Å². The van der Waals surface area contributed by atoms with Gasteiger partial charge < -0.3 is 9.80 Å². The van der Waals surface area contributed by atoms with Crippen molar-refractivity contribution in [1.29, 1.82) is 0 Å². The Morgan fingerprint density at radius 1 is 0.970 bits per heavy atom. The van der Waals surface area contributed by atoms with Crippen LogP contribution in [0.5, 0.6) is 0 Å². The quantitative estimate of drug-likeness (QED) is 0.451. The number of nitrogens with one attached hydrogen (secondary N) is 1. The van der Waals surface area contributed by atoms with Gasteiger partial charge in [-0.3, -0.25) is 14.7 Å². The lowest BCUT2D eigenvalue weighted by molar-refractivity contribution is -0.119. The number of unbranched alkanes of at least 4 members (excludes halogenated alkanes) is 2. The van der Waals surface area contributed by atoms with Crippen molar-refractivity contribution in [2.24, 2.45) is 5.92 Å². The summed E-state index contributed by atoms with van der Waals surface area (Å²) in [6, 6.07) is 19.7. The molecule has 172 valence electrons. The van der Waals surface area contributed by atoms with Crippen LogP contribution in [-0.2, 0) is 11.2 Å². The van der Waals surface area contributed by atoms with Crippen LogP contribution in [0.1, 0.15) is 48.2 Å². The largest absolute Gasteiger partial charge is 0.342 e. The molecule has 0 saturated heterocycles. The fourth-order valence-corrected chi connectivity index (χ4v) is 4.06. The summed E-state index contributed by atoms with van der Waals surface area (Å²) in [4.78, 5) is 29.0. The summed E-state index contributed by atoms with van der Waals surface area (Å²) in [6.45, 7) is 0.686. The molecule has 1 aliphatic rings. The Morgan fingerprint density at radius 3 is 2.45 bits per heavy atom. The maximum Gasteiger partial charge on any atom is 0.255 e. The SMILES string of the molecule is CN(CCCCCc1cc(-c2ccccc2)n[nH]1)C(=O)c1ccccc1N(C)C(=O)C1CC1. The molecule has 6 heteroatoms. The zero-order valence-corrected chi connectivity index (χ0v) is 19.5. The van der Waals surface area contributed by atoms with E-state index in [9.17, 15) is 9.59 Å². The van der Waals surface area contributed by atoms with Crippen LogP contribution in [0, 0.1) is 5.92 Å². The molecule has 33 heavy (non-hydrogen) atoms. The molecule has 0 spiro atoms. The normalized spacial score (nSPS) is 13.0. The first-order valence-corrected chi connectivity index (χ1v) is 11.8. The summed E-state index contributed by atoms with van der Waals surface area (Å²) >= 11 is 0. The van der Waals surface area contributed by atoms with E-state index in [4.69, 9.17) is 0 Å². The van der Waals surface area contributed by atoms with E-state index in [1.165, 1.54) is 0 Å². The second kappa shape index (κ2) is 10.5. The summed E-state index contributed by atoms with van der Waals surface area (Å²) < 4.78 is 0. The van der Waals surface area contributed by atoms with Gasteiger partial charge in [-0.1, -0.05) is 48.9 Å². The molecule has 1 aromatic heterocycles. The molecule has 1 fully saturated rings. The zero-order chi connectivity index (χ0) is 23.2. The fourth-order valence-electron chi connectivity index (χ4n) is 4.06. The summed E-state index contributed by atoms with van der Waals surface area (Å²) in [5.74, 6) is 0.184. The molecule has 0 bridgehead atoms. The molecule has 2 amide bonds. The third-order valence-corrected chi connectivity index (χ3v) is 6.24. The lowest BCUT2D eigenvalue weighted by Gasteiger charge is -2.23. The summed E-state index contributed by atoms with van der Waals surface area (Å²) in [5.41, 5.74) is 4.50. The lowest BCUT2D eigenvalue weighted by Crippen LogP contribution is -2.33. The minimum atomic E-state index is -0.0397. The van der Waals surface area contributed by atoms with Crippen molar-refractivity contribution in [3.63, 3.8) is 0 Å². The van der Waals surface area contributed by atoms with Crippen molar-refractivity contribution < 1.29 is 9.59 Å². The van der Waals surface area contributed by atoms with Crippen molar-refractivity contribution in [2.45, 2.75) is 38.5 Å². The monoisotopic (exact) mass is 444 g/mol. The van der Waals surface area contributed by atoms with E-state index >= 15 is 0 Å². The summed E-state index contributed by atoms with van der Waals surface area (Å²) in [7, 11) is 3.61. The zero-order valence-electron chi connectivity index (χ0n) is 19.5. The van der Waals surface area contributed by atoms with Crippen molar-refractivity contribution in [1.82, 2.24) is 15.1 Å². The first-order chi connectivity index (χ1) is 16.0. The van der Waals surface area contributed by atoms with E-state index in [1.54, 1.807) is 16.8 Å². The van der Waals surface area contributed by atoms with E-state index in [0.29, 0.717) is 17.8 Å². The van der Waals surface area contributed by atoms with E-state index in [2.05, 4.69) is 28.4 Å². The number of carbonyl (C=O) groups is 2. The minimum absolute atomic E-state index is 0.0397. The Labute approximate surface area is 195 Å². The van der Waals surface area contributed by atoms with E-state index in [0.717, 1.165) is 55.5 Å². The van der Waals surface area contributed by atoms with Crippen LogP contribution in [0.2, 0.25) is 0 Å². The summed E-state index contributed by atoms with van der Waals surface area (Å²) in [6.07, 6.45) is 5.83. The van der Waals surface area contributed by atoms with Gasteiger partial charge in [0.05, 0.1) is 16.9 Å². The highest BCUT2D eigenvalue weighted by Gasteiger charge is 2.33. The summed E-state index contributed by atoms with van der Waals surface area (Å²) in [5, 5.41) is 7.55. The molecule has 1 N–H and O–H groups in total. The molecule has 1 aliphatic carbocycles. The first kappa shape index (κ1) is 22.8. The predicted octanol–water partition coefficient (Wildman–Crippen LogP) is 4.93. The number of aromatic amines is 1. The predicted molar refractivity (Wildman–Crippen MR) is 131 cm³/mol. The van der Waals surface area contributed by atoms with Gasteiger partial charge in [0.2, 0.25) is 5.91 Å². The number of para-hydroxylation sites is 1. The number of benzene rings is 2. The number of anilines is 1. The van der Waals surface area contributed by atoms with Gasteiger partial charge >= 0.3 is 0 Å². The third kappa shape index (κ3) is 5.69. The second-order valence-corrected chi connectivity index (χ2v) is 8.87. The van der Waals surface area contributed by atoms with Crippen molar-refractivity contribution in [3.8, 4) is 11.3 Å². The van der Waals surface area contributed by atoms with Crippen molar-refractivity contribution >= 4 is 17.5 Å². The van der Waals surface area contributed by atoms with Crippen molar-refractivity contribution in [2.75, 3.05) is 25.5 Å². The van der Waals surface area contributed by atoms with E-state index in [-0.39, 0.29) is 17.7 Å². The molecule has 1 heterocycles. The Kier molecular flexibility index (Phi) is 7.23. The molecule has 0 atom stereocenters. The Bertz CT molecular complexity index is 1090. The molecule has 2 aromatic carbocycles.